The van der Waals surface area contributed by atoms with Crippen LogP contribution in [0.3, 0.4) is 0 Å². The molecule has 0 saturated carbocycles. The predicted molar refractivity (Wildman–Crippen MR) is 64.9 cm³/mol. The van der Waals surface area contributed by atoms with E-state index < -0.39 is 23.1 Å². The molecular formula is C11H13BrF2N2O. The summed E-state index contributed by atoms with van der Waals surface area (Å²) in [5, 5.41) is 2.46. The summed E-state index contributed by atoms with van der Waals surface area (Å²) in [6.07, 6.45) is 0. The lowest BCUT2D eigenvalue weighted by atomic mass is 10.2. The molecule has 94 valence electrons. The highest BCUT2D eigenvalue weighted by Gasteiger charge is 2.17. The second kappa shape index (κ2) is 6.07. The topological polar surface area (TPSA) is 32.3 Å². The molecule has 1 amide bonds. The van der Waals surface area contributed by atoms with Gasteiger partial charge >= 0.3 is 0 Å². The van der Waals surface area contributed by atoms with Gasteiger partial charge in [0, 0.05) is 17.6 Å². The van der Waals surface area contributed by atoms with Crippen molar-refractivity contribution in [1.82, 2.24) is 10.2 Å². The van der Waals surface area contributed by atoms with Crippen molar-refractivity contribution in [2.45, 2.75) is 0 Å². The van der Waals surface area contributed by atoms with Gasteiger partial charge in [0.15, 0.2) is 0 Å². The number of benzene rings is 1. The van der Waals surface area contributed by atoms with Crippen LogP contribution in [0, 0.1) is 11.6 Å². The molecule has 0 aliphatic heterocycles. The summed E-state index contributed by atoms with van der Waals surface area (Å²) >= 11 is 2.95. The van der Waals surface area contributed by atoms with Gasteiger partial charge in [0.2, 0.25) is 0 Å². The van der Waals surface area contributed by atoms with E-state index in [1.54, 1.807) is 0 Å². The standard InChI is InChI=1S/C11H13BrF2N2O/c1-16(2)4-3-15-11(17)10-8(13)5-7(12)6-9(10)14/h5-6H,3-4H2,1-2H3,(H,15,17). The third-order valence-corrected chi connectivity index (χ3v) is 2.54. The van der Waals surface area contributed by atoms with Crippen LogP contribution in [0.15, 0.2) is 16.6 Å². The van der Waals surface area contributed by atoms with Gasteiger partial charge in [-0.05, 0) is 26.2 Å². The fourth-order valence-corrected chi connectivity index (χ4v) is 1.64. The first-order chi connectivity index (χ1) is 7.91. The Balaban J connectivity index is 2.76. The molecule has 1 rings (SSSR count). The molecule has 17 heavy (non-hydrogen) atoms. The largest absolute Gasteiger partial charge is 0.351 e. The molecule has 0 aliphatic rings. The summed E-state index contributed by atoms with van der Waals surface area (Å²) < 4.78 is 27.1. The van der Waals surface area contributed by atoms with Crippen molar-refractivity contribution in [2.75, 3.05) is 27.2 Å². The second-order valence-corrected chi connectivity index (χ2v) is 4.72. The Morgan fingerprint density at radius 3 is 2.35 bits per heavy atom. The van der Waals surface area contributed by atoms with Crippen molar-refractivity contribution in [2.24, 2.45) is 0 Å². The van der Waals surface area contributed by atoms with E-state index in [2.05, 4.69) is 21.2 Å². The van der Waals surface area contributed by atoms with E-state index in [9.17, 15) is 13.6 Å². The van der Waals surface area contributed by atoms with Crippen LogP contribution in [0.2, 0.25) is 0 Å². The third kappa shape index (κ3) is 4.05. The monoisotopic (exact) mass is 306 g/mol. The number of likely N-dealkylation sites (N-methyl/N-ethyl adjacent to an activating group) is 1. The SMILES string of the molecule is CN(C)CCNC(=O)c1c(F)cc(Br)cc1F. The molecule has 0 heterocycles. The van der Waals surface area contributed by atoms with Crippen LogP contribution in [0.4, 0.5) is 8.78 Å². The molecule has 0 bridgehead atoms. The van der Waals surface area contributed by atoms with Gasteiger partial charge in [0.05, 0.1) is 0 Å². The molecule has 0 fully saturated rings. The Labute approximate surface area is 107 Å². The number of nitrogens with one attached hydrogen (secondary N) is 1. The van der Waals surface area contributed by atoms with E-state index in [-0.39, 0.29) is 4.47 Å². The van der Waals surface area contributed by atoms with Crippen molar-refractivity contribution < 1.29 is 13.6 Å². The van der Waals surface area contributed by atoms with Crippen molar-refractivity contribution in [3.8, 4) is 0 Å². The number of carbonyl (C=O) groups excluding carboxylic acids is 1. The molecule has 0 aliphatic carbocycles. The van der Waals surface area contributed by atoms with Crippen LogP contribution in [0.1, 0.15) is 10.4 Å². The summed E-state index contributed by atoms with van der Waals surface area (Å²) in [4.78, 5) is 13.4. The molecule has 0 saturated heterocycles. The van der Waals surface area contributed by atoms with Gasteiger partial charge in [-0.2, -0.15) is 0 Å². The summed E-state index contributed by atoms with van der Waals surface area (Å²) in [6, 6.07) is 2.12. The fraction of sp³-hybridized carbons (Fsp3) is 0.364. The Morgan fingerprint density at radius 2 is 1.88 bits per heavy atom. The first kappa shape index (κ1) is 14.1. The van der Waals surface area contributed by atoms with Crippen LogP contribution < -0.4 is 5.32 Å². The van der Waals surface area contributed by atoms with Gasteiger partial charge in [-0.15, -0.1) is 0 Å². The molecule has 0 unspecified atom stereocenters. The number of amides is 1. The van der Waals surface area contributed by atoms with Crippen molar-refractivity contribution in [3.05, 3.63) is 33.8 Å². The summed E-state index contributed by atoms with van der Waals surface area (Å²) in [5.74, 6) is -2.49. The average Bonchev–Trinajstić information content (AvgIpc) is 2.14. The minimum atomic E-state index is -0.876. The molecular weight excluding hydrogens is 294 g/mol. The average molecular weight is 307 g/mol. The highest BCUT2D eigenvalue weighted by molar-refractivity contribution is 9.10. The van der Waals surface area contributed by atoms with E-state index >= 15 is 0 Å². The number of halogens is 3. The zero-order valence-corrected chi connectivity index (χ0v) is 11.1. The maximum atomic E-state index is 13.4. The number of hydrogen-bond acceptors (Lipinski definition) is 2. The minimum Gasteiger partial charge on any atom is -0.351 e. The van der Waals surface area contributed by atoms with E-state index in [1.807, 2.05) is 19.0 Å². The number of nitrogens with zero attached hydrogens (tertiary/aromatic N) is 1. The predicted octanol–water partition coefficient (Wildman–Crippen LogP) is 2.02. The number of hydrogen-bond donors (Lipinski definition) is 1. The molecule has 1 aromatic carbocycles. The lowest BCUT2D eigenvalue weighted by Crippen LogP contribution is -2.32. The highest BCUT2D eigenvalue weighted by atomic mass is 79.9. The van der Waals surface area contributed by atoms with Gasteiger partial charge in [-0.3, -0.25) is 4.79 Å². The van der Waals surface area contributed by atoms with Crippen LogP contribution in [-0.2, 0) is 0 Å². The summed E-state index contributed by atoms with van der Waals surface area (Å²) in [6.45, 7) is 0.937. The van der Waals surface area contributed by atoms with E-state index in [0.29, 0.717) is 13.1 Å². The van der Waals surface area contributed by atoms with Crippen LogP contribution in [-0.4, -0.2) is 38.0 Å². The zero-order chi connectivity index (χ0) is 13.0. The lowest BCUT2D eigenvalue weighted by molar-refractivity contribution is 0.0942. The van der Waals surface area contributed by atoms with Crippen LogP contribution >= 0.6 is 15.9 Å². The maximum absolute atomic E-state index is 13.4. The molecule has 0 radical (unpaired) electrons. The summed E-state index contributed by atoms with van der Waals surface area (Å²) in [5.41, 5.74) is -0.549. The first-order valence-corrected chi connectivity index (χ1v) is 5.78. The number of carbonyl (C=O) groups is 1. The molecule has 1 N–H and O–H groups in total. The normalized spacial score (nSPS) is 10.7. The highest BCUT2D eigenvalue weighted by Crippen LogP contribution is 2.19. The van der Waals surface area contributed by atoms with Gasteiger partial charge in [-0.25, -0.2) is 8.78 Å². The van der Waals surface area contributed by atoms with Gasteiger partial charge < -0.3 is 10.2 Å². The van der Waals surface area contributed by atoms with E-state index in [4.69, 9.17) is 0 Å². The minimum absolute atomic E-state index is 0.261. The Kier molecular flexibility index (Phi) is 5.02. The van der Waals surface area contributed by atoms with E-state index in [0.717, 1.165) is 12.1 Å². The Morgan fingerprint density at radius 1 is 1.35 bits per heavy atom. The third-order valence-electron chi connectivity index (χ3n) is 2.08. The molecule has 0 aromatic heterocycles. The van der Waals surface area contributed by atoms with Crippen LogP contribution in [0.5, 0.6) is 0 Å². The molecule has 1 aromatic rings. The maximum Gasteiger partial charge on any atom is 0.257 e. The Hall–Kier alpha value is -1.01. The molecule has 6 heteroatoms. The van der Waals surface area contributed by atoms with E-state index in [1.165, 1.54) is 0 Å². The van der Waals surface area contributed by atoms with Crippen molar-refractivity contribution in [1.29, 1.82) is 0 Å². The zero-order valence-electron chi connectivity index (χ0n) is 9.56. The Bertz CT molecular complexity index is 401. The second-order valence-electron chi connectivity index (χ2n) is 3.80. The molecule has 0 atom stereocenters. The van der Waals surface area contributed by atoms with Crippen molar-refractivity contribution in [3.63, 3.8) is 0 Å². The molecule has 0 spiro atoms. The fourth-order valence-electron chi connectivity index (χ4n) is 1.24. The van der Waals surface area contributed by atoms with Gasteiger partial charge in [0.25, 0.3) is 5.91 Å². The quantitative estimate of drug-likeness (QED) is 0.923. The van der Waals surface area contributed by atoms with Crippen LogP contribution in [0.25, 0.3) is 0 Å². The lowest BCUT2D eigenvalue weighted by Gasteiger charge is -2.11. The summed E-state index contributed by atoms with van der Waals surface area (Å²) in [7, 11) is 3.68. The van der Waals surface area contributed by atoms with Gasteiger partial charge in [-0.1, -0.05) is 15.9 Å². The molecule has 3 nitrogen and oxygen atoms in total. The van der Waals surface area contributed by atoms with Gasteiger partial charge in [0.1, 0.15) is 17.2 Å². The van der Waals surface area contributed by atoms with Crippen molar-refractivity contribution >= 4 is 21.8 Å². The smallest absolute Gasteiger partial charge is 0.257 e. The first-order valence-electron chi connectivity index (χ1n) is 4.99. The number of rotatable bonds is 4.